The van der Waals surface area contributed by atoms with Crippen LogP contribution < -0.4 is 16.0 Å². The molecule has 0 bridgehead atoms. The molecular formula is C16H18N6. The van der Waals surface area contributed by atoms with E-state index >= 15 is 0 Å². The zero-order chi connectivity index (χ0) is 14.9. The summed E-state index contributed by atoms with van der Waals surface area (Å²) in [7, 11) is 0. The number of hydrogen-bond donors (Lipinski definition) is 3. The lowest BCUT2D eigenvalue weighted by Gasteiger charge is -2.28. The minimum atomic E-state index is 0.563. The number of benzene rings is 1. The molecule has 6 nitrogen and oxygen atoms in total. The second kappa shape index (κ2) is 5.31. The molecule has 6 heteroatoms. The summed E-state index contributed by atoms with van der Waals surface area (Å²) in [6, 6.07) is 12.4. The highest BCUT2D eigenvalue weighted by Gasteiger charge is 2.18. The monoisotopic (exact) mass is 294 g/mol. The van der Waals surface area contributed by atoms with Gasteiger partial charge in [0.25, 0.3) is 0 Å². The topological polar surface area (TPSA) is 82.9 Å². The van der Waals surface area contributed by atoms with Gasteiger partial charge in [-0.2, -0.15) is 5.10 Å². The number of piperazine rings is 1. The Morgan fingerprint density at radius 1 is 1.09 bits per heavy atom. The van der Waals surface area contributed by atoms with Crippen LogP contribution in [0, 0.1) is 0 Å². The van der Waals surface area contributed by atoms with Crippen LogP contribution in [0.3, 0.4) is 0 Å². The molecule has 0 spiro atoms. The molecule has 4 rings (SSSR count). The summed E-state index contributed by atoms with van der Waals surface area (Å²) in [5.74, 6) is 1.52. The van der Waals surface area contributed by atoms with Crippen molar-refractivity contribution in [2.24, 2.45) is 0 Å². The van der Waals surface area contributed by atoms with Gasteiger partial charge in [-0.3, -0.25) is 5.10 Å². The maximum atomic E-state index is 6.06. The molecule has 1 aliphatic rings. The molecule has 1 saturated heterocycles. The molecule has 2 aromatic heterocycles. The summed E-state index contributed by atoms with van der Waals surface area (Å²) >= 11 is 0. The number of nitrogens with one attached hydrogen (secondary N) is 2. The van der Waals surface area contributed by atoms with Crippen LogP contribution in [0.2, 0.25) is 0 Å². The van der Waals surface area contributed by atoms with Gasteiger partial charge in [0.1, 0.15) is 11.6 Å². The van der Waals surface area contributed by atoms with Gasteiger partial charge in [-0.1, -0.05) is 30.3 Å². The minimum absolute atomic E-state index is 0.563. The molecule has 0 radical (unpaired) electrons. The van der Waals surface area contributed by atoms with E-state index in [1.165, 1.54) is 0 Å². The van der Waals surface area contributed by atoms with E-state index in [0.717, 1.165) is 48.5 Å². The first kappa shape index (κ1) is 13.1. The van der Waals surface area contributed by atoms with Crippen LogP contribution in [0.15, 0.2) is 36.4 Å². The van der Waals surface area contributed by atoms with Crippen molar-refractivity contribution < 1.29 is 0 Å². The third kappa shape index (κ3) is 2.17. The highest BCUT2D eigenvalue weighted by atomic mass is 15.3. The Kier molecular flexibility index (Phi) is 3.16. The number of nitrogens with zero attached hydrogens (tertiary/aromatic N) is 3. The number of fused-ring (bicyclic) bond motifs is 1. The Morgan fingerprint density at radius 3 is 2.64 bits per heavy atom. The molecule has 112 valence electrons. The predicted octanol–water partition coefficient (Wildman–Crippen LogP) is 1.62. The van der Waals surface area contributed by atoms with Gasteiger partial charge in [0.2, 0.25) is 0 Å². The average Bonchev–Trinajstić information content (AvgIpc) is 2.97. The molecule has 0 saturated carbocycles. The third-order valence-corrected chi connectivity index (χ3v) is 4.06. The first-order valence-corrected chi connectivity index (χ1v) is 7.48. The molecule has 1 aliphatic heterocycles. The van der Waals surface area contributed by atoms with Crippen molar-refractivity contribution in [3.63, 3.8) is 0 Å². The van der Waals surface area contributed by atoms with Crippen LogP contribution in [0.4, 0.5) is 11.6 Å². The van der Waals surface area contributed by atoms with Crippen molar-refractivity contribution in [3.8, 4) is 11.1 Å². The number of rotatable bonds is 2. The van der Waals surface area contributed by atoms with Gasteiger partial charge in [-0.15, -0.1) is 0 Å². The lowest BCUT2D eigenvalue weighted by molar-refractivity contribution is 0.585. The Bertz CT molecular complexity index is 789. The van der Waals surface area contributed by atoms with E-state index in [1.807, 2.05) is 18.2 Å². The van der Waals surface area contributed by atoms with E-state index in [1.54, 1.807) is 0 Å². The van der Waals surface area contributed by atoms with E-state index in [4.69, 9.17) is 5.73 Å². The number of anilines is 2. The lowest BCUT2D eigenvalue weighted by atomic mass is 10.0. The molecule has 22 heavy (non-hydrogen) atoms. The molecule has 0 aliphatic carbocycles. The van der Waals surface area contributed by atoms with Crippen LogP contribution in [0.5, 0.6) is 0 Å². The first-order chi connectivity index (χ1) is 10.8. The van der Waals surface area contributed by atoms with Gasteiger partial charge in [0.05, 0.1) is 5.39 Å². The SMILES string of the molecule is Nc1[nH]nc2nc(N3CCNCC3)cc(-c3ccccc3)c12. The molecule has 1 fully saturated rings. The second-order valence-electron chi connectivity index (χ2n) is 5.47. The highest BCUT2D eigenvalue weighted by Crippen LogP contribution is 2.33. The predicted molar refractivity (Wildman–Crippen MR) is 88.8 cm³/mol. The standard InChI is InChI=1S/C16H18N6/c17-15-14-12(11-4-2-1-3-5-11)10-13(19-16(14)21-20-15)22-8-6-18-7-9-22/h1-5,10,18H,6-9H2,(H3,17,19,20,21). The summed E-state index contributed by atoms with van der Waals surface area (Å²) in [6.07, 6.45) is 0. The van der Waals surface area contributed by atoms with Crippen LogP contribution in [0.25, 0.3) is 22.2 Å². The lowest BCUT2D eigenvalue weighted by Crippen LogP contribution is -2.43. The van der Waals surface area contributed by atoms with Crippen molar-refractivity contribution in [1.29, 1.82) is 0 Å². The molecule has 4 N–H and O–H groups in total. The van der Waals surface area contributed by atoms with Crippen molar-refractivity contribution in [2.45, 2.75) is 0 Å². The first-order valence-electron chi connectivity index (χ1n) is 7.48. The number of nitrogen functional groups attached to an aromatic ring is 1. The molecule has 1 aromatic carbocycles. The Balaban J connectivity index is 1.90. The Hall–Kier alpha value is -2.60. The van der Waals surface area contributed by atoms with Gasteiger partial charge in [-0.05, 0) is 11.6 Å². The highest BCUT2D eigenvalue weighted by molar-refractivity contribution is 6.01. The van der Waals surface area contributed by atoms with E-state index in [2.05, 4.69) is 43.6 Å². The van der Waals surface area contributed by atoms with Crippen molar-refractivity contribution in [2.75, 3.05) is 36.8 Å². The van der Waals surface area contributed by atoms with Crippen molar-refractivity contribution in [3.05, 3.63) is 36.4 Å². The Morgan fingerprint density at radius 2 is 1.86 bits per heavy atom. The maximum absolute atomic E-state index is 6.06. The van der Waals surface area contributed by atoms with Crippen molar-refractivity contribution in [1.82, 2.24) is 20.5 Å². The largest absolute Gasteiger partial charge is 0.383 e. The average molecular weight is 294 g/mol. The van der Waals surface area contributed by atoms with Crippen LogP contribution in [-0.2, 0) is 0 Å². The van der Waals surface area contributed by atoms with Gasteiger partial charge < -0.3 is 16.0 Å². The quantitative estimate of drug-likeness (QED) is 0.669. The molecular weight excluding hydrogens is 276 g/mol. The zero-order valence-electron chi connectivity index (χ0n) is 12.2. The van der Waals surface area contributed by atoms with E-state index in [9.17, 15) is 0 Å². The number of H-pyrrole nitrogens is 1. The molecule has 3 aromatic rings. The number of nitrogens with two attached hydrogens (primary N) is 1. The zero-order valence-corrected chi connectivity index (χ0v) is 12.2. The minimum Gasteiger partial charge on any atom is -0.383 e. The molecule has 0 unspecified atom stereocenters. The Labute approximate surface area is 128 Å². The normalized spacial score (nSPS) is 15.4. The van der Waals surface area contributed by atoms with Crippen LogP contribution >= 0.6 is 0 Å². The smallest absolute Gasteiger partial charge is 0.185 e. The summed E-state index contributed by atoms with van der Waals surface area (Å²) < 4.78 is 0. The molecule has 3 heterocycles. The van der Waals surface area contributed by atoms with Crippen molar-refractivity contribution >= 4 is 22.7 Å². The summed E-state index contributed by atoms with van der Waals surface area (Å²) in [6.45, 7) is 3.85. The molecule has 0 atom stereocenters. The third-order valence-electron chi connectivity index (χ3n) is 4.06. The number of pyridine rings is 1. The fourth-order valence-electron chi connectivity index (χ4n) is 2.94. The number of hydrogen-bond acceptors (Lipinski definition) is 5. The van der Waals surface area contributed by atoms with Crippen LogP contribution in [0.1, 0.15) is 0 Å². The second-order valence-corrected chi connectivity index (χ2v) is 5.47. The number of aromatic nitrogens is 3. The molecule has 0 amide bonds. The van der Waals surface area contributed by atoms with Gasteiger partial charge in [-0.25, -0.2) is 4.98 Å². The summed E-state index contributed by atoms with van der Waals surface area (Å²) in [4.78, 5) is 6.97. The van der Waals surface area contributed by atoms with E-state index in [0.29, 0.717) is 11.5 Å². The summed E-state index contributed by atoms with van der Waals surface area (Å²) in [5, 5.41) is 11.4. The summed E-state index contributed by atoms with van der Waals surface area (Å²) in [5.41, 5.74) is 8.93. The maximum Gasteiger partial charge on any atom is 0.185 e. The van der Waals surface area contributed by atoms with Gasteiger partial charge >= 0.3 is 0 Å². The van der Waals surface area contributed by atoms with Crippen LogP contribution in [-0.4, -0.2) is 41.4 Å². The number of aromatic amines is 1. The van der Waals surface area contributed by atoms with Gasteiger partial charge in [0.15, 0.2) is 5.65 Å². The fourth-order valence-corrected chi connectivity index (χ4v) is 2.94. The van der Waals surface area contributed by atoms with E-state index < -0.39 is 0 Å². The van der Waals surface area contributed by atoms with E-state index in [-0.39, 0.29) is 0 Å². The van der Waals surface area contributed by atoms with Gasteiger partial charge in [0, 0.05) is 31.7 Å². The fraction of sp³-hybridized carbons (Fsp3) is 0.250.